The van der Waals surface area contributed by atoms with Gasteiger partial charge in [0.2, 0.25) is 5.91 Å². The molecule has 1 heterocycles. The Labute approximate surface area is 115 Å². The van der Waals surface area contributed by atoms with Gasteiger partial charge in [0.05, 0.1) is 10.4 Å². The number of nitrogens with two attached hydrogens (primary N) is 1. The van der Waals surface area contributed by atoms with E-state index in [0.29, 0.717) is 6.42 Å². The lowest BCUT2D eigenvalue weighted by atomic mass is 9.86. The molecule has 18 heavy (non-hydrogen) atoms. The number of hydrogen-bond acceptors (Lipinski definition) is 3. The van der Waals surface area contributed by atoms with Gasteiger partial charge in [-0.25, -0.2) is 0 Å². The molecule has 0 aromatic heterocycles. The average Bonchev–Trinajstić information content (AvgIpc) is 2.37. The summed E-state index contributed by atoms with van der Waals surface area (Å²) < 4.78 is 0. The molecule has 0 aromatic rings. The summed E-state index contributed by atoms with van der Waals surface area (Å²) in [4.78, 5) is 14.9. The third-order valence-corrected chi connectivity index (χ3v) is 4.49. The highest BCUT2D eigenvalue weighted by Gasteiger charge is 2.36. The number of carbonyl (C=O) groups is 1. The van der Waals surface area contributed by atoms with Crippen molar-refractivity contribution in [3.8, 4) is 0 Å². The summed E-state index contributed by atoms with van der Waals surface area (Å²) in [7, 11) is 0. The molecule has 1 aliphatic rings. The number of thiocarbonyl (C=S) groups is 1. The predicted octanol–water partition coefficient (Wildman–Crippen LogP) is 1.29. The number of piperidine rings is 1. The van der Waals surface area contributed by atoms with Gasteiger partial charge >= 0.3 is 0 Å². The molecule has 3 N–H and O–H groups in total. The van der Waals surface area contributed by atoms with Crippen molar-refractivity contribution in [2.45, 2.75) is 46.1 Å². The second-order valence-electron chi connectivity index (χ2n) is 5.26. The molecule has 1 fully saturated rings. The molecule has 2 atom stereocenters. The molecule has 0 spiro atoms. The van der Waals surface area contributed by atoms with E-state index >= 15 is 0 Å². The first-order valence-corrected chi connectivity index (χ1v) is 7.18. The molecule has 0 saturated carbocycles. The van der Waals surface area contributed by atoms with E-state index in [1.54, 1.807) is 0 Å². The van der Waals surface area contributed by atoms with Crippen LogP contribution in [-0.2, 0) is 4.79 Å². The summed E-state index contributed by atoms with van der Waals surface area (Å²) in [6.45, 7) is 9.01. The maximum Gasteiger partial charge on any atom is 0.233 e. The largest absolute Gasteiger partial charge is 0.392 e. The molecule has 2 unspecified atom stereocenters. The highest BCUT2D eigenvalue weighted by Crippen LogP contribution is 2.22. The van der Waals surface area contributed by atoms with Crippen molar-refractivity contribution in [1.29, 1.82) is 0 Å². The molecular weight excluding hydrogens is 246 g/mol. The quantitative estimate of drug-likeness (QED) is 0.740. The molecule has 0 bridgehead atoms. The molecule has 5 heteroatoms. The molecular formula is C13H25N3OS. The molecule has 4 nitrogen and oxygen atoms in total. The number of rotatable bonds is 5. The Morgan fingerprint density at radius 3 is 2.72 bits per heavy atom. The van der Waals surface area contributed by atoms with Crippen LogP contribution >= 0.6 is 12.2 Å². The van der Waals surface area contributed by atoms with Crippen LogP contribution in [0.4, 0.5) is 0 Å². The molecule has 104 valence electrons. The van der Waals surface area contributed by atoms with Crippen LogP contribution in [0, 0.1) is 5.41 Å². The van der Waals surface area contributed by atoms with Crippen LogP contribution in [0.5, 0.6) is 0 Å². The van der Waals surface area contributed by atoms with Gasteiger partial charge < -0.3 is 16.0 Å². The average molecular weight is 271 g/mol. The van der Waals surface area contributed by atoms with E-state index in [0.717, 1.165) is 32.5 Å². The fourth-order valence-corrected chi connectivity index (χ4v) is 2.49. The highest BCUT2D eigenvalue weighted by molar-refractivity contribution is 7.80. The zero-order chi connectivity index (χ0) is 13.8. The smallest absolute Gasteiger partial charge is 0.233 e. The van der Waals surface area contributed by atoms with Gasteiger partial charge in [0, 0.05) is 12.6 Å². The lowest BCUT2D eigenvalue weighted by Gasteiger charge is -2.35. The number of hydrogen-bond donors (Lipinski definition) is 2. The van der Waals surface area contributed by atoms with Gasteiger partial charge in [-0.05, 0) is 39.3 Å². The van der Waals surface area contributed by atoms with Crippen LogP contribution in [0.15, 0.2) is 0 Å². The standard InChI is InChI=1S/C13H25N3OS/c1-4-13(3,11(14)18)12(17)15-10-7-6-8-16(5-2)9-10/h10H,4-9H2,1-3H3,(H2,14,18)(H,15,17). The molecule has 1 amide bonds. The monoisotopic (exact) mass is 271 g/mol. The number of amides is 1. The number of carbonyl (C=O) groups excluding carboxylic acids is 1. The Hall–Kier alpha value is -0.680. The van der Waals surface area contributed by atoms with Crippen LogP contribution in [-0.4, -0.2) is 41.5 Å². The van der Waals surface area contributed by atoms with E-state index in [1.165, 1.54) is 0 Å². The SMILES string of the molecule is CCN1CCCC(NC(=O)C(C)(CC)C(N)=S)C1. The fourth-order valence-electron chi connectivity index (χ4n) is 2.25. The summed E-state index contributed by atoms with van der Waals surface area (Å²) in [6, 6.07) is 0.228. The van der Waals surface area contributed by atoms with Crippen molar-refractivity contribution >= 4 is 23.1 Å². The summed E-state index contributed by atoms with van der Waals surface area (Å²) in [5.41, 5.74) is 4.98. The summed E-state index contributed by atoms with van der Waals surface area (Å²) >= 11 is 5.03. The van der Waals surface area contributed by atoms with Gasteiger partial charge in [-0.15, -0.1) is 0 Å². The van der Waals surface area contributed by atoms with Crippen molar-refractivity contribution < 1.29 is 4.79 Å². The zero-order valence-corrected chi connectivity index (χ0v) is 12.5. The Bertz CT molecular complexity index is 321. The minimum atomic E-state index is -0.718. The second-order valence-corrected chi connectivity index (χ2v) is 5.70. The van der Waals surface area contributed by atoms with Crippen LogP contribution in [0.25, 0.3) is 0 Å². The van der Waals surface area contributed by atoms with Crippen LogP contribution in [0.3, 0.4) is 0 Å². The maximum absolute atomic E-state index is 12.3. The molecule has 0 aliphatic carbocycles. The highest BCUT2D eigenvalue weighted by atomic mass is 32.1. The molecule has 1 rings (SSSR count). The first-order valence-electron chi connectivity index (χ1n) is 6.77. The summed E-state index contributed by atoms with van der Waals surface area (Å²) in [5.74, 6) is -0.0274. The topological polar surface area (TPSA) is 58.4 Å². The number of nitrogens with one attached hydrogen (secondary N) is 1. The third-order valence-electron chi connectivity index (χ3n) is 4.04. The van der Waals surface area contributed by atoms with Gasteiger partial charge in [-0.1, -0.05) is 26.1 Å². The first kappa shape index (κ1) is 15.4. The molecule has 1 aliphatic heterocycles. The maximum atomic E-state index is 12.3. The van der Waals surface area contributed by atoms with Crippen LogP contribution < -0.4 is 11.1 Å². The minimum Gasteiger partial charge on any atom is -0.392 e. The summed E-state index contributed by atoms with van der Waals surface area (Å²) in [6.07, 6.45) is 2.81. The lowest BCUT2D eigenvalue weighted by molar-refractivity contribution is -0.128. The summed E-state index contributed by atoms with van der Waals surface area (Å²) in [5, 5.41) is 3.11. The van der Waals surface area contributed by atoms with Gasteiger partial charge in [0.25, 0.3) is 0 Å². The van der Waals surface area contributed by atoms with E-state index < -0.39 is 5.41 Å². The zero-order valence-electron chi connectivity index (χ0n) is 11.7. The van der Waals surface area contributed by atoms with Crippen molar-refractivity contribution in [2.24, 2.45) is 11.1 Å². The van der Waals surface area contributed by atoms with Crippen LogP contribution in [0.1, 0.15) is 40.0 Å². The number of likely N-dealkylation sites (tertiary alicyclic amines) is 1. The molecule has 0 aromatic carbocycles. The van der Waals surface area contributed by atoms with Crippen molar-refractivity contribution in [2.75, 3.05) is 19.6 Å². The first-order chi connectivity index (χ1) is 8.43. The Morgan fingerprint density at radius 1 is 1.56 bits per heavy atom. The van der Waals surface area contributed by atoms with Crippen molar-refractivity contribution in [3.63, 3.8) is 0 Å². The third kappa shape index (κ3) is 3.42. The van der Waals surface area contributed by atoms with Crippen LogP contribution in [0.2, 0.25) is 0 Å². The van der Waals surface area contributed by atoms with Gasteiger partial charge in [-0.3, -0.25) is 4.79 Å². The van der Waals surface area contributed by atoms with Crippen molar-refractivity contribution in [3.05, 3.63) is 0 Å². The Kier molecular flexibility index (Phi) is 5.53. The minimum absolute atomic E-state index is 0.0274. The second kappa shape index (κ2) is 6.48. The number of nitrogens with zero attached hydrogens (tertiary/aromatic N) is 1. The molecule has 0 radical (unpaired) electrons. The van der Waals surface area contributed by atoms with E-state index in [4.69, 9.17) is 18.0 Å². The lowest BCUT2D eigenvalue weighted by Crippen LogP contribution is -2.54. The van der Waals surface area contributed by atoms with Gasteiger partial charge in [0.15, 0.2) is 0 Å². The molecule has 1 saturated heterocycles. The Balaban J connectivity index is 2.61. The predicted molar refractivity (Wildman–Crippen MR) is 78.5 cm³/mol. The van der Waals surface area contributed by atoms with E-state index in [-0.39, 0.29) is 16.9 Å². The van der Waals surface area contributed by atoms with E-state index in [2.05, 4.69) is 17.1 Å². The van der Waals surface area contributed by atoms with E-state index in [1.807, 2.05) is 13.8 Å². The Morgan fingerprint density at radius 2 is 2.22 bits per heavy atom. The fraction of sp³-hybridized carbons (Fsp3) is 0.846. The number of likely N-dealkylation sites (N-methyl/N-ethyl adjacent to an activating group) is 1. The van der Waals surface area contributed by atoms with E-state index in [9.17, 15) is 4.79 Å². The van der Waals surface area contributed by atoms with Gasteiger partial charge in [-0.2, -0.15) is 0 Å². The van der Waals surface area contributed by atoms with Gasteiger partial charge in [0.1, 0.15) is 0 Å². The van der Waals surface area contributed by atoms with Crippen molar-refractivity contribution in [1.82, 2.24) is 10.2 Å². The normalized spacial score (nSPS) is 24.3.